The molecule has 0 unspecified atom stereocenters. The van der Waals surface area contributed by atoms with Gasteiger partial charge in [-0.05, 0) is 55.3 Å². The Morgan fingerprint density at radius 1 is 1.15 bits per heavy atom. The molecule has 7 heteroatoms. The highest BCUT2D eigenvalue weighted by atomic mass is 127. The van der Waals surface area contributed by atoms with E-state index >= 15 is 0 Å². The summed E-state index contributed by atoms with van der Waals surface area (Å²) < 4.78 is 5.11. The number of methoxy groups -OCH3 is 1. The Hall–Kier alpha value is -2.29. The Labute approximate surface area is 171 Å². The third-order valence-corrected chi connectivity index (χ3v) is 3.79. The van der Waals surface area contributed by atoms with Crippen LogP contribution >= 0.6 is 24.0 Å². The number of amides is 1. The SMILES string of the molecule is COc1cccc(C(=O)NCCN=C(N)Nc2ccc(C)c(C)c2)c1.I. The fraction of sp³-hybridized carbons (Fsp3) is 0.263. The Balaban J connectivity index is 0.00000338. The van der Waals surface area contributed by atoms with Gasteiger partial charge < -0.3 is 21.1 Å². The van der Waals surface area contributed by atoms with Crippen molar-refractivity contribution in [2.24, 2.45) is 10.7 Å². The van der Waals surface area contributed by atoms with E-state index in [2.05, 4.69) is 22.5 Å². The minimum atomic E-state index is -0.171. The number of aryl methyl sites for hydroxylation is 2. The number of carbonyl (C=O) groups excluding carboxylic acids is 1. The third kappa shape index (κ3) is 6.55. The Bertz CT molecular complexity index is 778. The Kier molecular flexibility index (Phi) is 8.91. The highest BCUT2D eigenvalue weighted by Crippen LogP contribution is 2.14. The first-order valence-electron chi connectivity index (χ1n) is 8.06. The van der Waals surface area contributed by atoms with E-state index in [0.29, 0.717) is 30.4 Å². The van der Waals surface area contributed by atoms with Gasteiger partial charge in [0.15, 0.2) is 5.96 Å². The molecule has 2 aromatic rings. The minimum Gasteiger partial charge on any atom is -0.497 e. The standard InChI is InChI=1S/C19H24N4O2.HI/c1-13-7-8-16(11-14(13)2)23-19(20)22-10-9-21-18(24)15-5-4-6-17(12-15)25-3;/h4-8,11-12H,9-10H2,1-3H3,(H,21,24)(H3,20,22,23);1H. The van der Waals surface area contributed by atoms with E-state index in [1.165, 1.54) is 11.1 Å². The summed E-state index contributed by atoms with van der Waals surface area (Å²) in [7, 11) is 1.57. The van der Waals surface area contributed by atoms with Gasteiger partial charge in [-0.25, -0.2) is 0 Å². The van der Waals surface area contributed by atoms with Crippen LogP contribution in [0.1, 0.15) is 21.5 Å². The van der Waals surface area contributed by atoms with E-state index in [9.17, 15) is 4.79 Å². The van der Waals surface area contributed by atoms with Crippen molar-refractivity contribution in [2.75, 3.05) is 25.5 Å². The summed E-state index contributed by atoms with van der Waals surface area (Å²) >= 11 is 0. The molecule has 0 atom stereocenters. The first kappa shape index (κ1) is 21.8. The van der Waals surface area contributed by atoms with Crippen LogP contribution < -0.4 is 21.1 Å². The Morgan fingerprint density at radius 2 is 1.92 bits per heavy atom. The number of ether oxygens (including phenoxy) is 1. The lowest BCUT2D eigenvalue weighted by atomic mass is 10.1. The lowest BCUT2D eigenvalue weighted by molar-refractivity contribution is 0.0954. The van der Waals surface area contributed by atoms with Gasteiger partial charge in [-0.1, -0.05) is 12.1 Å². The van der Waals surface area contributed by atoms with Gasteiger partial charge in [0, 0.05) is 17.8 Å². The van der Waals surface area contributed by atoms with Gasteiger partial charge in [0.05, 0.1) is 13.7 Å². The largest absolute Gasteiger partial charge is 0.497 e. The normalized spacial score (nSPS) is 10.7. The molecule has 0 aliphatic heterocycles. The molecular weight excluding hydrogens is 443 g/mol. The number of halogens is 1. The van der Waals surface area contributed by atoms with Gasteiger partial charge in [-0.3, -0.25) is 9.79 Å². The molecule has 0 spiro atoms. The monoisotopic (exact) mass is 468 g/mol. The molecule has 0 aliphatic rings. The van der Waals surface area contributed by atoms with Crippen LogP contribution in [0.5, 0.6) is 5.75 Å². The summed E-state index contributed by atoms with van der Waals surface area (Å²) in [6, 6.07) is 13.0. The zero-order chi connectivity index (χ0) is 18.2. The number of aliphatic imine (C=N–C) groups is 1. The predicted octanol–water partition coefficient (Wildman–Crippen LogP) is 3.09. The number of nitrogens with two attached hydrogens (primary N) is 1. The van der Waals surface area contributed by atoms with Gasteiger partial charge in [0.2, 0.25) is 0 Å². The maximum atomic E-state index is 12.1. The molecule has 4 N–H and O–H groups in total. The number of nitrogens with one attached hydrogen (secondary N) is 2. The number of hydrogen-bond acceptors (Lipinski definition) is 3. The molecule has 0 heterocycles. The van der Waals surface area contributed by atoms with Crippen LogP contribution in [0.2, 0.25) is 0 Å². The second-order valence-electron chi connectivity index (χ2n) is 5.68. The number of guanidine groups is 1. The molecule has 26 heavy (non-hydrogen) atoms. The van der Waals surface area contributed by atoms with E-state index in [-0.39, 0.29) is 29.9 Å². The van der Waals surface area contributed by atoms with Gasteiger partial charge in [-0.15, -0.1) is 24.0 Å². The quantitative estimate of drug-likeness (QED) is 0.263. The van der Waals surface area contributed by atoms with E-state index in [1.54, 1.807) is 31.4 Å². The first-order valence-corrected chi connectivity index (χ1v) is 8.06. The summed E-state index contributed by atoms with van der Waals surface area (Å²) in [5.74, 6) is 0.793. The lowest BCUT2D eigenvalue weighted by Crippen LogP contribution is -2.28. The summed E-state index contributed by atoms with van der Waals surface area (Å²) in [6.07, 6.45) is 0. The molecule has 0 aromatic heterocycles. The number of anilines is 1. The van der Waals surface area contributed by atoms with Crippen LogP contribution in [-0.2, 0) is 0 Å². The summed E-state index contributed by atoms with van der Waals surface area (Å²) in [4.78, 5) is 16.3. The first-order chi connectivity index (χ1) is 12.0. The van der Waals surface area contributed by atoms with Crippen LogP contribution in [0.4, 0.5) is 5.69 Å². The Morgan fingerprint density at radius 3 is 2.62 bits per heavy atom. The van der Waals surface area contributed by atoms with E-state index in [1.807, 2.05) is 25.1 Å². The van der Waals surface area contributed by atoms with Crippen LogP contribution in [-0.4, -0.2) is 32.1 Å². The van der Waals surface area contributed by atoms with Crippen molar-refractivity contribution in [3.63, 3.8) is 0 Å². The van der Waals surface area contributed by atoms with Crippen molar-refractivity contribution in [3.8, 4) is 5.75 Å². The minimum absolute atomic E-state index is 0. The predicted molar refractivity (Wildman–Crippen MR) is 117 cm³/mol. The van der Waals surface area contributed by atoms with E-state index in [0.717, 1.165) is 5.69 Å². The lowest BCUT2D eigenvalue weighted by Gasteiger charge is -2.08. The molecule has 2 rings (SSSR count). The number of benzene rings is 2. The molecule has 1 amide bonds. The average Bonchev–Trinajstić information content (AvgIpc) is 2.61. The second kappa shape index (κ2) is 10.6. The molecule has 2 aromatic carbocycles. The smallest absolute Gasteiger partial charge is 0.251 e. The maximum absolute atomic E-state index is 12.1. The maximum Gasteiger partial charge on any atom is 0.251 e. The number of carbonyl (C=O) groups is 1. The molecule has 0 bridgehead atoms. The molecule has 0 radical (unpaired) electrons. The molecule has 6 nitrogen and oxygen atoms in total. The average molecular weight is 468 g/mol. The highest BCUT2D eigenvalue weighted by molar-refractivity contribution is 14.0. The summed E-state index contributed by atoms with van der Waals surface area (Å²) in [6.45, 7) is 4.88. The van der Waals surface area contributed by atoms with Crippen molar-refractivity contribution in [2.45, 2.75) is 13.8 Å². The van der Waals surface area contributed by atoms with Crippen molar-refractivity contribution in [1.82, 2.24) is 5.32 Å². The fourth-order valence-corrected chi connectivity index (χ4v) is 2.22. The van der Waals surface area contributed by atoms with Gasteiger partial charge in [-0.2, -0.15) is 0 Å². The van der Waals surface area contributed by atoms with Crippen molar-refractivity contribution < 1.29 is 9.53 Å². The topological polar surface area (TPSA) is 88.7 Å². The van der Waals surface area contributed by atoms with Crippen LogP contribution in [0.15, 0.2) is 47.5 Å². The summed E-state index contributed by atoms with van der Waals surface area (Å²) in [5, 5.41) is 5.84. The van der Waals surface area contributed by atoms with E-state index < -0.39 is 0 Å². The van der Waals surface area contributed by atoms with Crippen molar-refractivity contribution in [1.29, 1.82) is 0 Å². The fourth-order valence-electron chi connectivity index (χ4n) is 2.22. The summed E-state index contributed by atoms with van der Waals surface area (Å²) in [5.41, 5.74) is 9.72. The zero-order valence-electron chi connectivity index (χ0n) is 15.2. The van der Waals surface area contributed by atoms with Gasteiger partial charge in [0.1, 0.15) is 5.75 Å². The van der Waals surface area contributed by atoms with Crippen LogP contribution in [0.25, 0.3) is 0 Å². The molecule has 140 valence electrons. The number of nitrogens with zero attached hydrogens (tertiary/aromatic N) is 1. The van der Waals surface area contributed by atoms with Crippen molar-refractivity contribution >= 4 is 41.5 Å². The highest BCUT2D eigenvalue weighted by Gasteiger charge is 2.05. The molecule has 0 aliphatic carbocycles. The third-order valence-electron chi connectivity index (χ3n) is 3.79. The van der Waals surface area contributed by atoms with Gasteiger partial charge in [0.25, 0.3) is 5.91 Å². The number of rotatable bonds is 6. The van der Waals surface area contributed by atoms with E-state index in [4.69, 9.17) is 10.5 Å². The zero-order valence-corrected chi connectivity index (χ0v) is 17.5. The molecular formula is C19H25IN4O2. The van der Waals surface area contributed by atoms with Gasteiger partial charge >= 0.3 is 0 Å². The second-order valence-corrected chi connectivity index (χ2v) is 5.68. The van der Waals surface area contributed by atoms with Crippen molar-refractivity contribution in [3.05, 3.63) is 59.2 Å². The van der Waals surface area contributed by atoms with Crippen LogP contribution in [0, 0.1) is 13.8 Å². The molecule has 0 saturated carbocycles. The molecule has 0 fully saturated rings. The van der Waals surface area contributed by atoms with Crippen LogP contribution in [0.3, 0.4) is 0 Å². The number of hydrogen-bond donors (Lipinski definition) is 3. The molecule has 0 saturated heterocycles.